The number of anilines is 2. The summed E-state index contributed by atoms with van der Waals surface area (Å²) in [4.78, 5) is 26.7. The van der Waals surface area contributed by atoms with Crippen LogP contribution in [-0.2, 0) is 9.59 Å². The van der Waals surface area contributed by atoms with Crippen LogP contribution in [-0.4, -0.2) is 18.4 Å². The Labute approximate surface area is 165 Å². The summed E-state index contributed by atoms with van der Waals surface area (Å²) in [7, 11) is 0. The van der Waals surface area contributed by atoms with Crippen LogP contribution in [0.5, 0.6) is 0 Å². The SMILES string of the molecule is CC[C@@H](C)c1ccc(NC(=O)[C@@H]2CC(=O)N(c3ccc(C)c(Cl)c3)C2)cc1. The molecule has 2 aromatic rings. The molecule has 3 rings (SSSR count). The lowest BCUT2D eigenvalue weighted by molar-refractivity contribution is -0.122. The van der Waals surface area contributed by atoms with Crippen LogP contribution in [0.4, 0.5) is 11.4 Å². The van der Waals surface area contributed by atoms with E-state index in [1.807, 2.05) is 43.3 Å². The number of aryl methyl sites for hydroxylation is 1. The zero-order valence-corrected chi connectivity index (χ0v) is 16.7. The van der Waals surface area contributed by atoms with E-state index in [1.165, 1.54) is 5.56 Å². The van der Waals surface area contributed by atoms with Gasteiger partial charge in [0.25, 0.3) is 0 Å². The zero-order valence-electron chi connectivity index (χ0n) is 16.0. The second-order valence-electron chi connectivity index (χ2n) is 7.26. The number of nitrogens with one attached hydrogen (secondary N) is 1. The van der Waals surface area contributed by atoms with Crippen molar-refractivity contribution < 1.29 is 9.59 Å². The maximum absolute atomic E-state index is 12.6. The average Bonchev–Trinajstić information content (AvgIpc) is 3.06. The maximum Gasteiger partial charge on any atom is 0.229 e. The number of rotatable bonds is 5. The van der Waals surface area contributed by atoms with Crippen molar-refractivity contribution in [3.8, 4) is 0 Å². The average molecular weight is 385 g/mol. The number of amides is 2. The van der Waals surface area contributed by atoms with Gasteiger partial charge in [0.1, 0.15) is 0 Å². The van der Waals surface area contributed by atoms with E-state index in [0.717, 1.165) is 23.4 Å². The molecule has 0 bridgehead atoms. The summed E-state index contributed by atoms with van der Waals surface area (Å²) in [5.74, 6) is -0.0496. The minimum absolute atomic E-state index is 0.0535. The largest absolute Gasteiger partial charge is 0.326 e. The smallest absolute Gasteiger partial charge is 0.229 e. The highest BCUT2D eigenvalue weighted by molar-refractivity contribution is 6.31. The molecule has 0 aliphatic carbocycles. The Morgan fingerprint density at radius 3 is 2.59 bits per heavy atom. The summed E-state index contributed by atoms with van der Waals surface area (Å²) >= 11 is 6.17. The maximum atomic E-state index is 12.6. The third-order valence-electron chi connectivity index (χ3n) is 5.32. The second kappa shape index (κ2) is 8.13. The van der Waals surface area contributed by atoms with Crippen molar-refractivity contribution >= 4 is 34.8 Å². The molecule has 1 saturated heterocycles. The highest BCUT2D eigenvalue weighted by atomic mass is 35.5. The number of carbonyl (C=O) groups excluding carboxylic acids is 2. The van der Waals surface area contributed by atoms with Crippen LogP contribution in [0.2, 0.25) is 5.02 Å². The van der Waals surface area contributed by atoms with Crippen molar-refractivity contribution in [2.75, 3.05) is 16.8 Å². The van der Waals surface area contributed by atoms with Gasteiger partial charge >= 0.3 is 0 Å². The molecule has 142 valence electrons. The Balaban J connectivity index is 1.66. The minimum atomic E-state index is -0.369. The van der Waals surface area contributed by atoms with Gasteiger partial charge in [-0.25, -0.2) is 0 Å². The van der Waals surface area contributed by atoms with Gasteiger partial charge in [-0.1, -0.05) is 43.6 Å². The zero-order chi connectivity index (χ0) is 19.6. The Morgan fingerprint density at radius 1 is 1.26 bits per heavy atom. The van der Waals surface area contributed by atoms with E-state index in [9.17, 15) is 9.59 Å². The Kier molecular flexibility index (Phi) is 5.85. The summed E-state index contributed by atoms with van der Waals surface area (Å²) in [6.45, 7) is 6.63. The van der Waals surface area contributed by atoms with Crippen molar-refractivity contribution in [1.29, 1.82) is 0 Å². The van der Waals surface area contributed by atoms with Gasteiger partial charge < -0.3 is 10.2 Å². The van der Waals surface area contributed by atoms with Gasteiger partial charge in [-0.2, -0.15) is 0 Å². The molecule has 1 N–H and O–H groups in total. The van der Waals surface area contributed by atoms with E-state index in [4.69, 9.17) is 11.6 Å². The van der Waals surface area contributed by atoms with Gasteiger partial charge in [-0.3, -0.25) is 9.59 Å². The normalized spacial score (nSPS) is 17.9. The van der Waals surface area contributed by atoms with Crippen LogP contribution in [0.3, 0.4) is 0 Å². The third-order valence-corrected chi connectivity index (χ3v) is 5.73. The number of benzene rings is 2. The van der Waals surface area contributed by atoms with Crippen LogP contribution in [0.15, 0.2) is 42.5 Å². The number of halogens is 1. The van der Waals surface area contributed by atoms with E-state index < -0.39 is 0 Å². The Hall–Kier alpha value is -2.33. The molecule has 0 radical (unpaired) electrons. The molecule has 1 aliphatic rings. The van der Waals surface area contributed by atoms with E-state index in [0.29, 0.717) is 17.5 Å². The van der Waals surface area contributed by atoms with E-state index in [1.54, 1.807) is 11.0 Å². The molecule has 0 aromatic heterocycles. The first kappa shape index (κ1) is 19.4. The van der Waals surface area contributed by atoms with E-state index in [2.05, 4.69) is 19.2 Å². The first-order chi connectivity index (χ1) is 12.9. The summed E-state index contributed by atoms with van der Waals surface area (Å²) in [6.07, 6.45) is 1.29. The van der Waals surface area contributed by atoms with Gasteiger partial charge in [0.2, 0.25) is 11.8 Å². The topological polar surface area (TPSA) is 49.4 Å². The lowest BCUT2D eigenvalue weighted by Crippen LogP contribution is -2.28. The molecule has 0 saturated carbocycles. The molecule has 2 amide bonds. The van der Waals surface area contributed by atoms with Crippen molar-refractivity contribution in [3.63, 3.8) is 0 Å². The lowest BCUT2D eigenvalue weighted by atomic mass is 9.98. The van der Waals surface area contributed by atoms with Gasteiger partial charge in [0.05, 0.1) is 5.92 Å². The summed E-state index contributed by atoms with van der Waals surface area (Å²) in [6, 6.07) is 13.5. The highest BCUT2D eigenvalue weighted by Crippen LogP contribution is 2.29. The fourth-order valence-electron chi connectivity index (χ4n) is 3.26. The number of nitrogens with zero attached hydrogens (tertiary/aromatic N) is 1. The van der Waals surface area contributed by atoms with Gasteiger partial charge in [-0.05, 0) is 54.7 Å². The van der Waals surface area contributed by atoms with E-state index >= 15 is 0 Å². The van der Waals surface area contributed by atoms with Gasteiger partial charge in [0.15, 0.2) is 0 Å². The minimum Gasteiger partial charge on any atom is -0.326 e. The molecular weight excluding hydrogens is 360 g/mol. The number of hydrogen-bond donors (Lipinski definition) is 1. The first-order valence-electron chi connectivity index (χ1n) is 9.36. The summed E-state index contributed by atoms with van der Waals surface area (Å²) < 4.78 is 0. The molecule has 1 heterocycles. The molecule has 0 spiro atoms. The third kappa shape index (κ3) is 4.33. The quantitative estimate of drug-likeness (QED) is 0.774. The van der Waals surface area contributed by atoms with Crippen LogP contribution in [0, 0.1) is 12.8 Å². The second-order valence-corrected chi connectivity index (χ2v) is 7.67. The van der Waals surface area contributed by atoms with Crippen LogP contribution in [0.1, 0.15) is 43.7 Å². The number of carbonyl (C=O) groups is 2. The highest BCUT2D eigenvalue weighted by Gasteiger charge is 2.35. The molecule has 5 heteroatoms. The van der Waals surface area contributed by atoms with Crippen LogP contribution < -0.4 is 10.2 Å². The summed E-state index contributed by atoms with van der Waals surface area (Å²) in [5.41, 5.74) is 3.72. The van der Waals surface area contributed by atoms with Gasteiger partial charge in [-0.15, -0.1) is 0 Å². The van der Waals surface area contributed by atoms with Crippen molar-refractivity contribution in [2.45, 2.75) is 39.5 Å². The Morgan fingerprint density at radius 2 is 1.96 bits per heavy atom. The molecule has 2 atom stereocenters. The Bertz CT molecular complexity index is 848. The van der Waals surface area contributed by atoms with Gasteiger partial charge in [0, 0.05) is 29.4 Å². The lowest BCUT2D eigenvalue weighted by Gasteiger charge is -2.17. The molecule has 2 aromatic carbocycles. The molecule has 0 unspecified atom stereocenters. The molecule has 27 heavy (non-hydrogen) atoms. The monoisotopic (exact) mass is 384 g/mol. The predicted octanol–water partition coefficient (Wildman–Crippen LogP) is 5.15. The molecule has 1 aliphatic heterocycles. The number of hydrogen-bond acceptors (Lipinski definition) is 2. The predicted molar refractivity (Wildman–Crippen MR) is 110 cm³/mol. The fraction of sp³-hybridized carbons (Fsp3) is 0.364. The standard InChI is InChI=1S/C22H25ClN2O2/c1-4-14(2)16-6-8-18(9-7-16)24-22(27)17-11-21(26)25(13-17)19-10-5-15(3)20(23)12-19/h5-10,12,14,17H,4,11,13H2,1-3H3,(H,24,27)/t14-,17-/m1/s1. The van der Waals surface area contributed by atoms with Crippen LogP contribution >= 0.6 is 11.6 Å². The van der Waals surface area contributed by atoms with E-state index in [-0.39, 0.29) is 24.2 Å². The first-order valence-corrected chi connectivity index (χ1v) is 9.74. The van der Waals surface area contributed by atoms with Crippen LogP contribution in [0.25, 0.3) is 0 Å². The molecular formula is C22H25ClN2O2. The van der Waals surface area contributed by atoms with Crippen molar-refractivity contribution in [1.82, 2.24) is 0 Å². The van der Waals surface area contributed by atoms with Crippen molar-refractivity contribution in [3.05, 3.63) is 58.6 Å². The molecule has 4 nitrogen and oxygen atoms in total. The fourth-order valence-corrected chi connectivity index (χ4v) is 3.43. The summed E-state index contributed by atoms with van der Waals surface area (Å²) in [5, 5.41) is 3.56. The van der Waals surface area contributed by atoms with Crippen molar-refractivity contribution in [2.24, 2.45) is 5.92 Å². The molecule has 1 fully saturated rings.